The number of rotatable bonds is 5. The molecule has 1 amide bonds. The van der Waals surface area contributed by atoms with E-state index in [2.05, 4.69) is 19.0 Å². The Labute approximate surface area is 110 Å². The number of carbonyl (C=O) groups is 2. The Morgan fingerprint density at radius 1 is 1.39 bits per heavy atom. The minimum atomic E-state index is -1.05. The Kier molecular flexibility index (Phi) is 3.95. The SMILES string of the molecule is O=C(O)c1csc(CCNC(=O)c2cnsn2)n1. The molecule has 0 unspecified atom stereocenters. The number of carboxylic acids is 1. The molecule has 2 rings (SSSR count). The van der Waals surface area contributed by atoms with Crippen LogP contribution in [0.3, 0.4) is 0 Å². The number of amides is 1. The summed E-state index contributed by atoms with van der Waals surface area (Å²) in [5.74, 6) is -1.34. The average molecular weight is 284 g/mol. The third kappa shape index (κ3) is 3.08. The van der Waals surface area contributed by atoms with Crippen LogP contribution >= 0.6 is 23.1 Å². The molecule has 2 heterocycles. The molecule has 2 aromatic heterocycles. The van der Waals surface area contributed by atoms with E-state index >= 15 is 0 Å². The van der Waals surface area contributed by atoms with Gasteiger partial charge in [-0.15, -0.1) is 11.3 Å². The number of thiazole rings is 1. The molecule has 0 saturated carbocycles. The van der Waals surface area contributed by atoms with E-state index in [9.17, 15) is 9.59 Å². The van der Waals surface area contributed by atoms with E-state index in [1.54, 1.807) is 0 Å². The minimum absolute atomic E-state index is 0.0324. The summed E-state index contributed by atoms with van der Waals surface area (Å²) < 4.78 is 7.52. The van der Waals surface area contributed by atoms with Gasteiger partial charge in [0, 0.05) is 18.3 Å². The van der Waals surface area contributed by atoms with Crippen LogP contribution in [0.4, 0.5) is 0 Å². The number of carbonyl (C=O) groups excluding carboxylic acids is 1. The van der Waals surface area contributed by atoms with Gasteiger partial charge in [-0.25, -0.2) is 9.78 Å². The first kappa shape index (κ1) is 12.6. The van der Waals surface area contributed by atoms with Crippen LogP contribution < -0.4 is 5.32 Å². The Hall–Kier alpha value is -1.87. The summed E-state index contributed by atoms with van der Waals surface area (Å²) in [4.78, 5) is 26.0. The molecule has 0 fully saturated rings. The number of aromatic carboxylic acids is 1. The van der Waals surface area contributed by atoms with Gasteiger partial charge in [0.1, 0.15) is 0 Å². The molecule has 0 aliphatic rings. The van der Waals surface area contributed by atoms with Crippen molar-refractivity contribution in [2.75, 3.05) is 6.54 Å². The molecule has 0 bridgehead atoms. The van der Waals surface area contributed by atoms with E-state index in [-0.39, 0.29) is 17.3 Å². The van der Waals surface area contributed by atoms with Gasteiger partial charge in [-0.2, -0.15) is 8.75 Å². The topological polar surface area (TPSA) is 105 Å². The predicted molar refractivity (Wildman–Crippen MR) is 65.0 cm³/mol. The Morgan fingerprint density at radius 3 is 2.83 bits per heavy atom. The smallest absolute Gasteiger partial charge is 0.355 e. The van der Waals surface area contributed by atoms with Crippen molar-refractivity contribution in [2.24, 2.45) is 0 Å². The van der Waals surface area contributed by atoms with Gasteiger partial charge < -0.3 is 10.4 Å². The lowest BCUT2D eigenvalue weighted by molar-refractivity contribution is 0.0690. The zero-order valence-corrected chi connectivity index (χ0v) is 10.6. The molecule has 0 spiro atoms. The maximum Gasteiger partial charge on any atom is 0.355 e. The quantitative estimate of drug-likeness (QED) is 0.836. The second-order valence-electron chi connectivity index (χ2n) is 3.23. The fraction of sp³-hybridized carbons (Fsp3) is 0.222. The Morgan fingerprint density at radius 2 is 2.22 bits per heavy atom. The summed E-state index contributed by atoms with van der Waals surface area (Å²) in [5, 5.41) is 13.5. The maximum atomic E-state index is 11.5. The van der Waals surface area contributed by atoms with E-state index in [0.29, 0.717) is 18.0 Å². The third-order valence-electron chi connectivity index (χ3n) is 1.99. The fourth-order valence-electron chi connectivity index (χ4n) is 1.16. The van der Waals surface area contributed by atoms with Crippen molar-refractivity contribution in [1.82, 2.24) is 19.0 Å². The molecule has 9 heteroatoms. The lowest BCUT2D eigenvalue weighted by Crippen LogP contribution is -2.25. The van der Waals surface area contributed by atoms with Gasteiger partial charge in [-0.05, 0) is 0 Å². The maximum absolute atomic E-state index is 11.5. The largest absolute Gasteiger partial charge is 0.476 e. The molecule has 7 nitrogen and oxygen atoms in total. The normalized spacial score (nSPS) is 10.2. The van der Waals surface area contributed by atoms with Gasteiger partial charge in [-0.1, -0.05) is 0 Å². The van der Waals surface area contributed by atoms with Crippen LogP contribution in [0, 0.1) is 0 Å². The highest BCUT2D eigenvalue weighted by Gasteiger charge is 2.10. The number of aromatic nitrogens is 3. The Bertz CT molecular complexity index is 552. The van der Waals surface area contributed by atoms with Crippen molar-refractivity contribution in [3.63, 3.8) is 0 Å². The predicted octanol–water partition coefficient (Wildman–Crippen LogP) is 0.665. The van der Waals surface area contributed by atoms with Crippen LogP contribution in [-0.4, -0.2) is 37.3 Å². The van der Waals surface area contributed by atoms with E-state index in [1.165, 1.54) is 22.9 Å². The number of nitrogens with zero attached hydrogens (tertiary/aromatic N) is 3. The van der Waals surface area contributed by atoms with Crippen LogP contribution in [-0.2, 0) is 6.42 Å². The molecule has 0 atom stereocenters. The van der Waals surface area contributed by atoms with Gasteiger partial charge in [0.25, 0.3) is 5.91 Å². The van der Waals surface area contributed by atoms with Crippen LogP contribution in [0.25, 0.3) is 0 Å². The molecule has 2 aromatic rings. The van der Waals surface area contributed by atoms with Crippen molar-refractivity contribution >= 4 is 34.9 Å². The van der Waals surface area contributed by atoms with Crippen molar-refractivity contribution in [3.8, 4) is 0 Å². The van der Waals surface area contributed by atoms with Crippen LogP contribution in [0.2, 0.25) is 0 Å². The Balaban J connectivity index is 1.81. The summed E-state index contributed by atoms with van der Waals surface area (Å²) >= 11 is 2.23. The standard InChI is InChI=1S/C9H8N4O3S2/c14-8(5-3-11-18-13-5)10-2-1-7-12-6(4-17-7)9(15)16/h3-4H,1-2H2,(H,10,14)(H,15,16). The monoisotopic (exact) mass is 284 g/mol. The van der Waals surface area contributed by atoms with Gasteiger partial charge in [-0.3, -0.25) is 4.79 Å². The van der Waals surface area contributed by atoms with E-state index in [4.69, 9.17) is 5.11 Å². The lowest BCUT2D eigenvalue weighted by atomic mass is 10.4. The first-order chi connectivity index (χ1) is 8.66. The van der Waals surface area contributed by atoms with E-state index < -0.39 is 5.97 Å². The first-order valence-corrected chi connectivity index (χ1v) is 6.51. The fourth-order valence-corrected chi connectivity index (χ4v) is 2.35. The molecule has 0 aliphatic carbocycles. The molecule has 94 valence electrons. The third-order valence-corrected chi connectivity index (χ3v) is 3.38. The van der Waals surface area contributed by atoms with Crippen LogP contribution in [0.1, 0.15) is 26.0 Å². The summed E-state index contributed by atoms with van der Waals surface area (Å²) in [6.07, 6.45) is 1.88. The second-order valence-corrected chi connectivity index (χ2v) is 4.73. The molecule has 18 heavy (non-hydrogen) atoms. The zero-order valence-electron chi connectivity index (χ0n) is 8.99. The molecular weight excluding hydrogens is 276 g/mol. The average Bonchev–Trinajstić information content (AvgIpc) is 3.00. The van der Waals surface area contributed by atoms with Crippen molar-refractivity contribution in [3.05, 3.63) is 28.0 Å². The number of hydrogen-bond acceptors (Lipinski definition) is 7. The summed E-state index contributed by atoms with van der Waals surface area (Å²) in [5.41, 5.74) is 0.315. The first-order valence-electron chi connectivity index (χ1n) is 4.90. The van der Waals surface area contributed by atoms with Gasteiger partial charge in [0.2, 0.25) is 0 Å². The summed E-state index contributed by atoms with van der Waals surface area (Å²) in [6, 6.07) is 0. The molecule has 0 aromatic carbocycles. The summed E-state index contributed by atoms with van der Waals surface area (Å²) in [6.45, 7) is 0.378. The van der Waals surface area contributed by atoms with Crippen molar-refractivity contribution in [1.29, 1.82) is 0 Å². The van der Waals surface area contributed by atoms with E-state index in [0.717, 1.165) is 11.7 Å². The van der Waals surface area contributed by atoms with E-state index in [1.807, 2.05) is 0 Å². The summed E-state index contributed by atoms with van der Waals surface area (Å²) in [7, 11) is 0. The molecule has 2 N–H and O–H groups in total. The molecule has 0 aliphatic heterocycles. The molecule has 0 radical (unpaired) electrons. The van der Waals surface area contributed by atoms with Gasteiger partial charge >= 0.3 is 5.97 Å². The highest BCUT2D eigenvalue weighted by molar-refractivity contribution is 7.09. The molecular formula is C9H8N4O3S2. The highest BCUT2D eigenvalue weighted by Crippen LogP contribution is 2.09. The molecule has 0 saturated heterocycles. The lowest BCUT2D eigenvalue weighted by Gasteiger charge is -2.00. The van der Waals surface area contributed by atoms with Crippen molar-refractivity contribution < 1.29 is 14.7 Å². The zero-order chi connectivity index (χ0) is 13.0. The number of carboxylic acid groups (broad SMARTS) is 1. The van der Waals surface area contributed by atoms with Gasteiger partial charge in [0.05, 0.1) is 22.9 Å². The second kappa shape index (κ2) is 5.65. The van der Waals surface area contributed by atoms with Crippen molar-refractivity contribution in [2.45, 2.75) is 6.42 Å². The van der Waals surface area contributed by atoms with Crippen LogP contribution in [0.15, 0.2) is 11.6 Å². The minimum Gasteiger partial charge on any atom is -0.476 e. The number of nitrogens with one attached hydrogen (secondary N) is 1. The van der Waals surface area contributed by atoms with Crippen LogP contribution in [0.5, 0.6) is 0 Å². The highest BCUT2D eigenvalue weighted by atomic mass is 32.1. The number of hydrogen-bond donors (Lipinski definition) is 2. The van der Waals surface area contributed by atoms with Gasteiger partial charge in [0.15, 0.2) is 11.4 Å².